The molecule has 0 aliphatic rings. The molecule has 1 heterocycles. The molecule has 1 aromatic heterocycles. The summed E-state index contributed by atoms with van der Waals surface area (Å²) in [5.74, 6) is 0.458. The summed E-state index contributed by atoms with van der Waals surface area (Å²) in [4.78, 5) is 4.00. The maximum Gasteiger partial charge on any atom is 0.248 e. The van der Waals surface area contributed by atoms with Gasteiger partial charge in [0.2, 0.25) is 3.79 Å². The third-order valence-corrected chi connectivity index (χ3v) is 2.33. The van der Waals surface area contributed by atoms with E-state index in [2.05, 4.69) is 4.98 Å². The topological polar surface area (TPSA) is 43.8 Å². The Kier molecular flexibility index (Phi) is 4.51. The second kappa shape index (κ2) is 5.21. The summed E-state index contributed by atoms with van der Waals surface area (Å²) in [6.45, 7) is 1.46. The summed E-state index contributed by atoms with van der Waals surface area (Å²) in [5, 5.41) is 0. The molecule has 2 N–H and O–H groups in total. The van der Waals surface area contributed by atoms with Gasteiger partial charge in [0.05, 0.1) is 0 Å². The van der Waals surface area contributed by atoms with E-state index in [-0.39, 0.29) is 0 Å². The quantitative estimate of drug-likeness (QED) is 0.664. The maximum absolute atomic E-state index is 5.74. The predicted molar refractivity (Wildman–Crippen MR) is 59.8 cm³/mol. The monoisotopic (exact) mass is 255 g/mol. The fourth-order valence-electron chi connectivity index (χ4n) is 1.17. The molecule has 80 valence electrons. The predicted octanol–water partition coefficient (Wildman–Crippen LogP) is 2.45. The van der Waals surface area contributed by atoms with Crippen molar-refractivity contribution in [1.82, 2.24) is 9.55 Å². The summed E-state index contributed by atoms with van der Waals surface area (Å²) in [6, 6.07) is 0. The van der Waals surface area contributed by atoms with Crippen molar-refractivity contribution in [2.45, 2.75) is 23.2 Å². The molecule has 0 unspecified atom stereocenters. The van der Waals surface area contributed by atoms with Crippen LogP contribution in [0.25, 0.3) is 0 Å². The van der Waals surface area contributed by atoms with Crippen LogP contribution in [0.2, 0.25) is 0 Å². The van der Waals surface area contributed by atoms with Crippen LogP contribution in [0.5, 0.6) is 0 Å². The van der Waals surface area contributed by atoms with Crippen LogP contribution in [0.15, 0.2) is 12.4 Å². The van der Waals surface area contributed by atoms with Crippen LogP contribution in [0, 0.1) is 0 Å². The third kappa shape index (κ3) is 3.31. The van der Waals surface area contributed by atoms with Crippen molar-refractivity contribution in [2.75, 3.05) is 6.54 Å². The van der Waals surface area contributed by atoms with E-state index >= 15 is 0 Å². The molecule has 3 nitrogen and oxygen atoms in total. The first kappa shape index (κ1) is 12.1. The Morgan fingerprint density at radius 3 is 2.64 bits per heavy atom. The van der Waals surface area contributed by atoms with Crippen LogP contribution in [0.4, 0.5) is 0 Å². The van der Waals surface area contributed by atoms with E-state index in [1.54, 1.807) is 12.4 Å². The maximum atomic E-state index is 5.74. The lowest BCUT2D eigenvalue weighted by Gasteiger charge is -2.13. The molecule has 0 aromatic carbocycles. The number of aromatic nitrogens is 2. The summed E-state index contributed by atoms with van der Waals surface area (Å²) in [6.07, 6.45) is 5.34. The first-order valence-corrected chi connectivity index (χ1v) is 5.47. The lowest BCUT2D eigenvalue weighted by molar-refractivity contribution is 0.593. The third-order valence-electron chi connectivity index (χ3n) is 1.82. The molecule has 0 saturated carbocycles. The number of halogens is 3. The number of rotatable bonds is 4. The highest BCUT2D eigenvalue weighted by molar-refractivity contribution is 6.66. The van der Waals surface area contributed by atoms with Gasteiger partial charge in [-0.2, -0.15) is 0 Å². The first-order valence-electron chi connectivity index (χ1n) is 4.34. The summed E-state index contributed by atoms with van der Waals surface area (Å²) in [7, 11) is 0. The molecule has 0 spiro atoms. The minimum atomic E-state index is -1.45. The average Bonchev–Trinajstić information content (AvgIpc) is 2.52. The fraction of sp³-hybridized carbons (Fsp3) is 0.625. The standard InChI is InChI=1S/C8H12Cl3N3/c9-8(10,11)7-13-4-6-14(7)5-2-1-3-12/h4,6H,1-3,5,12H2. The summed E-state index contributed by atoms with van der Waals surface area (Å²) < 4.78 is 0.384. The first-order chi connectivity index (χ1) is 6.55. The van der Waals surface area contributed by atoms with Gasteiger partial charge in [-0.1, -0.05) is 34.8 Å². The zero-order valence-electron chi connectivity index (χ0n) is 7.59. The molecule has 0 bridgehead atoms. The minimum Gasteiger partial charge on any atom is -0.331 e. The van der Waals surface area contributed by atoms with Crippen LogP contribution in [0.1, 0.15) is 18.7 Å². The molecule has 0 aliphatic carbocycles. The second-order valence-electron chi connectivity index (χ2n) is 2.94. The molecule has 0 radical (unpaired) electrons. The number of nitrogens with zero attached hydrogens (tertiary/aromatic N) is 2. The Labute approximate surface area is 98.1 Å². The van der Waals surface area contributed by atoms with E-state index in [1.807, 2.05) is 4.57 Å². The van der Waals surface area contributed by atoms with Gasteiger partial charge in [-0.15, -0.1) is 0 Å². The number of unbranched alkanes of at least 4 members (excludes halogenated alkanes) is 1. The molecule has 14 heavy (non-hydrogen) atoms. The normalized spacial score (nSPS) is 12.0. The lowest BCUT2D eigenvalue weighted by atomic mass is 10.3. The van der Waals surface area contributed by atoms with Gasteiger partial charge in [-0.05, 0) is 19.4 Å². The van der Waals surface area contributed by atoms with E-state index in [4.69, 9.17) is 40.5 Å². The van der Waals surface area contributed by atoms with E-state index < -0.39 is 3.79 Å². The van der Waals surface area contributed by atoms with Crippen LogP contribution < -0.4 is 5.73 Å². The van der Waals surface area contributed by atoms with Gasteiger partial charge in [0, 0.05) is 18.9 Å². The minimum absolute atomic E-state index is 0.458. The molecule has 0 amide bonds. The van der Waals surface area contributed by atoms with Crippen LogP contribution in [0.3, 0.4) is 0 Å². The zero-order chi connectivity index (χ0) is 10.6. The lowest BCUT2D eigenvalue weighted by Crippen LogP contribution is -2.12. The average molecular weight is 257 g/mol. The van der Waals surface area contributed by atoms with E-state index in [9.17, 15) is 0 Å². The van der Waals surface area contributed by atoms with Gasteiger partial charge < -0.3 is 10.3 Å². The molecular formula is C8H12Cl3N3. The highest BCUT2D eigenvalue weighted by Crippen LogP contribution is 2.36. The molecule has 1 aromatic rings. The second-order valence-corrected chi connectivity index (χ2v) is 5.22. The molecular weight excluding hydrogens is 244 g/mol. The number of alkyl halides is 3. The zero-order valence-corrected chi connectivity index (χ0v) is 9.86. The molecule has 0 saturated heterocycles. The van der Waals surface area contributed by atoms with Crippen LogP contribution >= 0.6 is 34.8 Å². The van der Waals surface area contributed by atoms with Crippen LogP contribution in [-0.2, 0) is 10.3 Å². The Bertz CT molecular complexity index is 280. The number of nitrogens with two attached hydrogens (primary N) is 1. The van der Waals surface area contributed by atoms with E-state index in [0.29, 0.717) is 12.4 Å². The van der Waals surface area contributed by atoms with Gasteiger partial charge in [-0.25, -0.2) is 4.98 Å². The van der Waals surface area contributed by atoms with Crippen molar-refractivity contribution < 1.29 is 0 Å². The van der Waals surface area contributed by atoms with Crippen LogP contribution in [-0.4, -0.2) is 16.1 Å². The molecule has 1 rings (SSSR count). The Morgan fingerprint density at radius 1 is 1.36 bits per heavy atom. The van der Waals surface area contributed by atoms with Crippen molar-refractivity contribution in [3.8, 4) is 0 Å². The highest BCUT2D eigenvalue weighted by Gasteiger charge is 2.27. The Balaban J connectivity index is 2.63. The van der Waals surface area contributed by atoms with Gasteiger partial charge in [0.25, 0.3) is 0 Å². The fourth-order valence-corrected chi connectivity index (χ4v) is 1.64. The van der Waals surface area contributed by atoms with E-state index in [1.165, 1.54) is 0 Å². The summed E-state index contributed by atoms with van der Waals surface area (Å²) in [5.41, 5.74) is 5.39. The molecule has 0 fully saturated rings. The highest BCUT2D eigenvalue weighted by atomic mass is 35.6. The molecule has 0 atom stereocenters. The van der Waals surface area contributed by atoms with Crippen molar-refractivity contribution in [2.24, 2.45) is 5.73 Å². The largest absolute Gasteiger partial charge is 0.331 e. The van der Waals surface area contributed by atoms with Gasteiger partial charge in [0.1, 0.15) is 0 Å². The van der Waals surface area contributed by atoms with Crippen molar-refractivity contribution in [3.05, 3.63) is 18.2 Å². The van der Waals surface area contributed by atoms with Crippen molar-refractivity contribution in [1.29, 1.82) is 0 Å². The van der Waals surface area contributed by atoms with Crippen molar-refractivity contribution >= 4 is 34.8 Å². The number of imidazole rings is 1. The molecule has 6 heteroatoms. The van der Waals surface area contributed by atoms with Crippen molar-refractivity contribution in [3.63, 3.8) is 0 Å². The number of aryl methyl sites for hydroxylation is 1. The Hall–Kier alpha value is 0.0400. The number of hydrogen-bond acceptors (Lipinski definition) is 2. The molecule has 0 aliphatic heterocycles. The summed E-state index contributed by atoms with van der Waals surface area (Å²) >= 11 is 17.2. The number of hydrogen-bond donors (Lipinski definition) is 1. The van der Waals surface area contributed by atoms with Gasteiger partial charge in [-0.3, -0.25) is 0 Å². The Morgan fingerprint density at radius 2 is 2.07 bits per heavy atom. The smallest absolute Gasteiger partial charge is 0.248 e. The van der Waals surface area contributed by atoms with Gasteiger partial charge in [0.15, 0.2) is 5.82 Å². The SMILES string of the molecule is NCCCCn1ccnc1C(Cl)(Cl)Cl. The van der Waals surface area contributed by atoms with E-state index in [0.717, 1.165) is 19.4 Å². The van der Waals surface area contributed by atoms with Gasteiger partial charge >= 0.3 is 0 Å².